The van der Waals surface area contributed by atoms with Crippen molar-refractivity contribution in [1.29, 1.82) is 0 Å². The Morgan fingerprint density at radius 2 is 2.17 bits per heavy atom. The van der Waals surface area contributed by atoms with Gasteiger partial charge in [-0.15, -0.1) is 11.3 Å². The first-order valence-corrected chi connectivity index (χ1v) is 8.71. The molecule has 3 rings (SSSR count). The highest BCUT2D eigenvalue weighted by molar-refractivity contribution is 7.12. The van der Waals surface area contributed by atoms with Crippen LogP contribution in [0.2, 0.25) is 0 Å². The van der Waals surface area contributed by atoms with Gasteiger partial charge >= 0.3 is 0 Å². The van der Waals surface area contributed by atoms with E-state index >= 15 is 0 Å². The molecule has 2 aromatic heterocycles. The molecule has 0 aliphatic heterocycles. The third kappa shape index (κ3) is 4.05. The summed E-state index contributed by atoms with van der Waals surface area (Å²) in [5.41, 5.74) is 2.99. The molecule has 1 atom stereocenters. The molecule has 4 nitrogen and oxygen atoms in total. The van der Waals surface area contributed by atoms with E-state index in [-0.39, 0.29) is 17.7 Å². The topological polar surface area (TPSA) is 59.1 Å². The molecule has 1 amide bonds. The molecule has 0 bridgehead atoms. The molecule has 2 heterocycles. The standard InChI is InChI=1S/C18H20N2O2S/c1-11-5-6-19-15(7-11)18(14-3-4-14)20-17(22)9-13-8-16(12(2)21)23-10-13/h5-8,10,14,18H,3-4,9H2,1-2H3,(H,20,22)/t18-/m1/s1. The van der Waals surface area contributed by atoms with E-state index in [1.807, 2.05) is 30.5 Å². The van der Waals surface area contributed by atoms with Crippen LogP contribution in [-0.4, -0.2) is 16.7 Å². The Bertz CT molecular complexity index is 734. The van der Waals surface area contributed by atoms with Crippen molar-refractivity contribution in [2.45, 2.75) is 39.2 Å². The first-order chi connectivity index (χ1) is 11.0. The number of aromatic nitrogens is 1. The summed E-state index contributed by atoms with van der Waals surface area (Å²) in [6, 6.07) is 5.81. The van der Waals surface area contributed by atoms with E-state index in [0.29, 0.717) is 17.2 Å². The number of amides is 1. The fourth-order valence-corrected chi connectivity index (χ4v) is 3.47. The van der Waals surface area contributed by atoms with Gasteiger partial charge in [0, 0.05) is 6.20 Å². The summed E-state index contributed by atoms with van der Waals surface area (Å²) in [7, 11) is 0. The molecule has 0 aromatic carbocycles. The Labute approximate surface area is 140 Å². The number of Topliss-reactive ketones (excluding diaryl/α,β-unsaturated/α-hetero) is 1. The average molecular weight is 328 g/mol. The summed E-state index contributed by atoms with van der Waals surface area (Å²) in [5, 5.41) is 5.01. The Hall–Kier alpha value is -2.01. The zero-order valence-electron chi connectivity index (χ0n) is 13.3. The maximum absolute atomic E-state index is 12.4. The number of thiophene rings is 1. The number of nitrogens with one attached hydrogen (secondary N) is 1. The number of carbonyl (C=O) groups excluding carboxylic acids is 2. The van der Waals surface area contributed by atoms with Crippen molar-refractivity contribution in [2.24, 2.45) is 5.92 Å². The van der Waals surface area contributed by atoms with Crippen molar-refractivity contribution in [3.63, 3.8) is 0 Å². The van der Waals surface area contributed by atoms with E-state index in [2.05, 4.69) is 10.3 Å². The molecule has 1 aliphatic rings. The highest BCUT2D eigenvalue weighted by Crippen LogP contribution is 2.40. The van der Waals surface area contributed by atoms with Crippen LogP contribution < -0.4 is 5.32 Å². The summed E-state index contributed by atoms with van der Waals surface area (Å²) >= 11 is 1.39. The molecular weight excluding hydrogens is 308 g/mol. The maximum atomic E-state index is 12.4. The van der Waals surface area contributed by atoms with Crippen molar-refractivity contribution < 1.29 is 9.59 Å². The van der Waals surface area contributed by atoms with Gasteiger partial charge in [0.1, 0.15) is 0 Å². The minimum absolute atomic E-state index is 0.00619. The molecular formula is C18H20N2O2S. The van der Waals surface area contributed by atoms with E-state index in [4.69, 9.17) is 0 Å². The highest BCUT2D eigenvalue weighted by Gasteiger charge is 2.34. The second kappa shape index (κ2) is 6.62. The quantitative estimate of drug-likeness (QED) is 0.826. The van der Waals surface area contributed by atoms with Gasteiger partial charge in [0.05, 0.1) is 23.0 Å². The van der Waals surface area contributed by atoms with E-state index in [9.17, 15) is 9.59 Å². The van der Waals surface area contributed by atoms with Crippen LogP contribution in [0.5, 0.6) is 0 Å². The van der Waals surface area contributed by atoms with E-state index in [0.717, 1.165) is 29.7 Å². The zero-order chi connectivity index (χ0) is 16.4. The molecule has 23 heavy (non-hydrogen) atoms. The molecule has 1 fully saturated rings. The van der Waals surface area contributed by atoms with Gasteiger partial charge in [-0.3, -0.25) is 14.6 Å². The fourth-order valence-electron chi connectivity index (χ4n) is 2.66. The van der Waals surface area contributed by atoms with E-state index in [1.54, 1.807) is 13.1 Å². The van der Waals surface area contributed by atoms with Crippen LogP contribution in [0.25, 0.3) is 0 Å². The van der Waals surface area contributed by atoms with E-state index in [1.165, 1.54) is 11.3 Å². The van der Waals surface area contributed by atoms with Gasteiger partial charge in [-0.2, -0.15) is 0 Å². The predicted octanol–water partition coefficient (Wildman–Crippen LogP) is 3.46. The zero-order valence-corrected chi connectivity index (χ0v) is 14.2. The van der Waals surface area contributed by atoms with Crippen molar-refractivity contribution in [3.05, 3.63) is 51.5 Å². The average Bonchev–Trinajstić information content (AvgIpc) is 3.23. The van der Waals surface area contributed by atoms with Gasteiger partial charge in [0.2, 0.25) is 5.91 Å². The minimum atomic E-state index is -0.0156. The molecule has 0 saturated heterocycles. The summed E-state index contributed by atoms with van der Waals surface area (Å²) in [5.74, 6) is 0.517. The second-order valence-corrected chi connectivity index (χ2v) is 7.10. The first kappa shape index (κ1) is 15.9. The lowest BCUT2D eigenvalue weighted by Gasteiger charge is -2.18. The number of pyridine rings is 1. The van der Waals surface area contributed by atoms with Gasteiger partial charge in [-0.1, -0.05) is 0 Å². The van der Waals surface area contributed by atoms with Gasteiger partial charge in [-0.25, -0.2) is 0 Å². The number of aryl methyl sites for hydroxylation is 1. The first-order valence-electron chi connectivity index (χ1n) is 7.83. The Morgan fingerprint density at radius 3 is 2.78 bits per heavy atom. The van der Waals surface area contributed by atoms with Gasteiger partial charge in [0.15, 0.2) is 5.78 Å². The molecule has 120 valence electrons. The number of nitrogens with zero attached hydrogens (tertiary/aromatic N) is 1. The summed E-state index contributed by atoms with van der Waals surface area (Å²) in [6.45, 7) is 3.58. The maximum Gasteiger partial charge on any atom is 0.224 e. The lowest BCUT2D eigenvalue weighted by atomic mass is 10.1. The summed E-state index contributed by atoms with van der Waals surface area (Å²) < 4.78 is 0. The SMILES string of the molecule is CC(=O)c1cc(CC(=O)N[C@@H](c2cc(C)ccn2)C2CC2)cs1. The summed E-state index contributed by atoms with van der Waals surface area (Å²) in [4.78, 5) is 28.8. The molecule has 0 spiro atoms. The van der Waals surface area contributed by atoms with Crippen LogP contribution in [0.15, 0.2) is 29.8 Å². The second-order valence-electron chi connectivity index (χ2n) is 6.19. The van der Waals surface area contributed by atoms with Crippen molar-refractivity contribution in [1.82, 2.24) is 10.3 Å². The van der Waals surface area contributed by atoms with Crippen LogP contribution in [0.1, 0.15) is 52.3 Å². The molecule has 5 heteroatoms. The number of hydrogen-bond donors (Lipinski definition) is 1. The lowest BCUT2D eigenvalue weighted by molar-refractivity contribution is -0.121. The van der Waals surface area contributed by atoms with Crippen LogP contribution in [0.3, 0.4) is 0 Å². The number of carbonyl (C=O) groups is 2. The number of rotatable bonds is 6. The van der Waals surface area contributed by atoms with Crippen molar-refractivity contribution in [2.75, 3.05) is 0 Å². The third-order valence-corrected chi connectivity index (χ3v) is 5.11. The van der Waals surface area contributed by atoms with Gasteiger partial charge in [0.25, 0.3) is 0 Å². The lowest BCUT2D eigenvalue weighted by Crippen LogP contribution is -2.31. The van der Waals surface area contributed by atoms with Crippen LogP contribution in [0.4, 0.5) is 0 Å². The molecule has 1 aliphatic carbocycles. The van der Waals surface area contributed by atoms with Crippen LogP contribution in [0, 0.1) is 12.8 Å². The highest BCUT2D eigenvalue weighted by atomic mass is 32.1. The largest absolute Gasteiger partial charge is 0.347 e. The van der Waals surface area contributed by atoms with Gasteiger partial charge in [-0.05, 0) is 67.3 Å². The van der Waals surface area contributed by atoms with Gasteiger partial charge < -0.3 is 5.32 Å². The smallest absolute Gasteiger partial charge is 0.224 e. The van der Waals surface area contributed by atoms with Crippen molar-refractivity contribution >= 4 is 23.0 Å². The third-order valence-electron chi connectivity index (χ3n) is 4.03. The van der Waals surface area contributed by atoms with Crippen LogP contribution >= 0.6 is 11.3 Å². The fraction of sp³-hybridized carbons (Fsp3) is 0.389. The molecule has 1 N–H and O–H groups in total. The molecule has 1 saturated carbocycles. The van der Waals surface area contributed by atoms with Crippen LogP contribution in [-0.2, 0) is 11.2 Å². The molecule has 2 aromatic rings. The summed E-state index contributed by atoms with van der Waals surface area (Å²) in [6.07, 6.45) is 4.37. The van der Waals surface area contributed by atoms with E-state index < -0.39 is 0 Å². The number of ketones is 1. The van der Waals surface area contributed by atoms with Crippen molar-refractivity contribution in [3.8, 4) is 0 Å². The molecule has 0 unspecified atom stereocenters. The normalized spacial score (nSPS) is 15.2. The Balaban J connectivity index is 1.68. The monoisotopic (exact) mass is 328 g/mol. The minimum Gasteiger partial charge on any atom is -0.347 e. The number of hydrogen-bond acceptors (Lipinski definition) is 4. The molecule has 0 radical (unpaired) electrons. The predicted molar refractivity (Wildman–Crippen MR) is 90.6 cm³/mol. The Kier molecular flexibility index (Phi) is 4.57. The Morgan fingerprint density at radius 1 is 1.39 bits per heavy atom.